The number of pyridine rings is 1. The van der Waals surface area contributed by atoms with Gasteiger partial charge in [-0.15, -0.1) is 22.0 Å². The Labute approximate surface area is 387 Å². The molecule has 8 N–H and O–H groups in total. The number of hydrogen-bond donors (Lipinski definition) is 7. The van der Waals surface area contributed by atoms with E-state index in [1.54, 1.807) is 35.1 Å². The smallest absolute Gasteiger partial charge is 0.335 e. The van der Waals surface area contributed by atoms with Gasteiger partial charge in [-0.25, -0.2) is 9.78 Å². The third-order valence-corrected chi connectivity index (χ3v) is 14.0. The number of aliphatic carboxylic acids is 1. The summed E-state index contributed by atoms with van der Waals surface area (Å²) in [5.74, 6) is 0.287. The van der Waals surface area contributed by atoms with Gasteiger partial charge in [-0.3, -0.25) is 14.5 Å². The molecule has 2 amide bonds. The number of ether oxygens (including phenoxy) is 3. The molecule has 3 fully saturated rings. The molecule has 3 saturated heterocycles. The molecule has 0 radical (unpaired) electrons. The summed E-state index contributed by atoms with van der Waals surface area (Å²) in [5, 5.41) is 55.5. The number of carbonyl (C=O) groups is 3. The number of likely N-dealkylation sites (tertiary alicyclic amines) is 1. The predicted octanol–water partition coefficient (Wildman–Crippen LogP) is 1.94. The molecule has 19 nitrogen and oxygen atoms in total. The minimum atomic E-state index is -1.90. The molecule has 7 atom stereocenters. The van der Waals surface area contributed by atoms with Gasteiger partial charge < -0.3 is 60.1 Å². The van der Waals surface area contributed by atoms with Crippen LogP contribution in [0.4, 0.5) is 11.6 Å². The first-order valence-electron chi connectivity index (χ1n) is 22.4. The van der Waals surface area contributed by atoms with Crippen LogP contribution in [0.1, 0.15) is 75.5 Å². The maximum Gasteiger partial charge on any atom is 0.335 e. The Kier molecular flexibility index (Phi) is 14.0. The Morgan fingerprint density at radius 2 is 1.86 bits per heavy atom. The van der Waals surface area contributed by atoms with Crippen LogP contribution in [-0.2, 0) is 52.8 Å². The molecule has 2 aromatic carbocycles. The summed E-state index contributed by atoms with van der Waals surface area (Å²) in [6.45, 7) is 9.49. The molecule has 0 saturated carbocycles. The number of carbonyl (C=O) groups excluding carboxylic acids is 2. The van der Waals surface area contributed by atoms with Gasteiger partial charge in [0.1, 0.15) is 60.9 Å². The van der Waals surface area contributed by atoms with Gasteiger partial charge in [0.15, 0.2) is 6.10 Å². The predicted molar refractivity (Wildman–Crippen MR) is 243 cm³/mol. The molecule has 1 unspecified atom stereocenters. The summed E-state index contributed by atoms with van der Waals surface area (Å²) in [7, 11) is 1.93. The van der Waals surface area contributed by atoms with E-state index in [4.69, 9.17) is 24.9 Å². The van der Waals surface area contributed by atoms with E-state index in [9.17, 15) is 34.8 Å². The standard InChI is InChI=1S/C46H59N9O10S/c1-5-48-35-16-29(46(23-63-24-46)18-37-52-50-25-53(37)3)17-36(51-35)54-19-32-30(43(54)60)14-28(15-34(32)66-4)22-55(12-6-7-26(2)20-55)21-27-8-9-33(31(13-27)42(59)49-11-10-47)64-45-40(58)38(56)39(57)41(65-45)44(61)62/h8-9,13-17,25-26,38-41,45,56-58H,5-7,10-12,18-24,47H2,1-4H3,(H2-,48,49,51,59,61,62)/p+1/t26-,38-,39-,40+,41-,45+,55?/m0/s1. The van der Waals surface area contributed by atoms with Crippen LogP contribution in [0.15, 0.2) is 53.7 Å². The number of aryl methyl sites for hydroxylation is 1. The highest BCUT2D eigenvalue weighted by molar-refractivity contribution is 7.98. The third kappa shape index (κ3) is 9.50. The Balaban J connectivity index is 1.09. The number of fused-ring (bicyclic) bond motifs is 1. The maximum atomic E-state index is 14.7. The molecule has 8 rings (SSSR count). The molecular formula is C46H60N9O10S+. The molecule has 4 aliphatic rings. The van der Waals surface area contributed by atoms with Crippen molar-refractivity contribution in [2.24, 2.45) is 18.7 Å². The molecule has 0 spiro atoms. The lowest BCUT2D eigenvalue weighted by molar-refractivity contribution is -0.960. The van der Waals surface area contributed by atoms with Crippen LogP contribution in [0.3, 0.4) is 0 Å². The largest absolute Gasteiger partial charge is 0.479 e. The van der Waals surface area contributed by atoms with Crippen molar-refractivity contribution in [3.05, 3.63) is 88.0 Å². The number of quaternary nitrogens is 1. The zero-order valence-corrected chi connectivity index (χ0v) is 38.5. The van der Waals surface area contributed by atoms with E-state index >= 15 is 0 Å². The lowest BCUT2D eigenvalue weighted by Crippen LogP contribution is -2.61. The number of amides is 2. The molecule has 354 valence electrons. The van der Waals surface area contributed by atoms with Crippen LogP contribution < -0.4 is 26.0 Å². The Morgan fingerprint density at radius 3 is 2.53 bits per heavy atom. The van der Waals surface area contributed by atoms with Crippen molar-refractivity contribution in [3.8, 4) is 5.75 Å². The molecular weight excluding hydrogens is 871 g/mol. The number of nitrogens with two attached hydrogens (primary N) is 1. The molecule has 66 heavy (non-hydrogen) atoms. The molecule has 20 heteroatoms. The SMILES string of the molecule is CCNc1cc(C2(Cc3nncn3C)COC2)cc(N2Cc3c(SC)cc(C[N+]4(Cc5ccc(O[C@@H]6O[C@H](C(=O)O)[C@@H](O)[C@H](O)[C@H]6O)c(C(=O)NCCN)c5)CCC[C@H](C)C4)cc3C2=O)n1. The monoisotopic (exact) mass is 930 g/mol. The number of carboxylic acid groups (broad SMARTS) is 1. The first-order chi connectivity index (χ1) is 31.7. The normalized spacial score (nSPS) is 25.8. The Bertz CT molecular complexity index is 2450. The maximum absolute atomic E-state index is 14.7. The number of rotatable bonds is 17. The van der Waals surface area contributed by atoms with E-state index in [0.29, 0.717) is 73.4 Å². The van der Waals surface area contributed by atoms with Gasteiger partial charge in [0.05, 0.1) is 38.4 Å². The van der Waals surface area contributed by atoms with E-state index in [1.165, 1.54) is 0 Å². The van der Waals surface area contributed by atoms with Gasteiger partial charge in [-0.2, -0.15) is 0 Å². The zero-order valence-electron chi connectivity index (χ0n) is 37.7. The van der Waals surface area contributed by atoms with Crippen molar-refractivity contribution in [1.29, 1.82) is 0 Å². The van der Waals surface area contributed by atoms with Crippen molar-refractivity contribution < 1.29 is 53.5 Å². The fourth-order valence-corrected chi connectivity index (χ4v) is 10.5. The van der Waals surface area contributed by atoms with Gasteiger partial charge >= 0.3 is 5.97 Å². The van der Waals surface area contributed by atoms with Gasteiger partial charge in [0, 0.05) is 66.0 Å². The van der Waals surface area contributed by atoms with Crippen molar-refractivity contribution in [2.75, 3.05) is 62.4 Å². The van der Waals surface area contributed by atoms with Crippen LogP contribution in [0.25, 0.3) is 0 Å². The minimum Gasteiger partial charge on any atom is -0.479 e. The quantitative estimate of drug-likeness (QED) is 0.0590. The number of anilines is 2. The first-order valence-corrected chi connectivity index (χ1v) is 23.6. The van der Waals surface area contributed by atoms with Crippen LogP contribution in [0.2, 0.25) is 0 Å². The summed E-state index contributed by atoms with van der Waals surface area (Å²) >= 11 is 1.61. The van der Waals surface area contributed by atoms with Crippen molar-refractivity contribution >= 4 is 41.2 Å². The summed E-state index contributed by atoms with van der Waals surface area (Å²) < 4.78 is 19.7. The number of carboxylic acids is 1. The van der Waals surface area contributed by atoms with E-state index in [2.05, 4.69) is 33.8 Å². The Morgan fingerprint density at radius 1 is 1.08 bits per heavy atom. The second-order valence-electron chi connectivity index (χ2n) is 18.2. The molecule has 2 aromatic heterocycles. The number of thioether (sulfide) groups is 1. The highest BCUT2D eigenvalue weighted by atomic mass is 32.2. The fourth-order valence-electron chi connectivity index (χ4n) is 9.86. The van der Waals surface area contributed by atoms with Crippen molar-refractivity contribution in [2.45, 2.75) is 93.8 Å². The van der Waals surface area contributed by atoms with E-state index in [-0.39, 0.29) is 35.7 Å². The molecule has 0 bridgehead atoms. The van der Waals surface area contributed by atoms with Crippen LogP contribution in [0.5, 0.6) is 5.75 Å². The lowest BCUT2D eigenvalue weighted by Gasteiger charge is -2.44. The molecule has 4 aromatic rings. The molecule has 6 heterocycles. The number of aliphatic hydroxyl groups excluding tert-OH is 3. The highest BCUT2D eigenvalue weighted by Gasteiger charge is 2.49. The number of aliphatic hydroxyl groups is 3. The second kappa shape index (κ2) is 19.6. The van der Waals surface area contributed by atoms with Crippen LogP contribution >= 0.6 is 11.8 Å². The topological polar surface area (TPSA) is 257 Å². The molecule has 0 aliphatic carbocycles. The average Bonchev–Trinajstić information content (AvgIpc) is 3.84. The number of benzene rings is 2. The van der Waals surface area contributed by atoms with E-state index in [0.717, 1.165) is 58.9 Å². The number of nitrogens with one attached hydrogen (secondary N) is 2. The van der Waals surface area contributed by atoms with Gasteiger partial charge in [0.25, 0.3) is 11.8 Å². The van der Waals surface area contributed by atoms with Crippen molar-refractivity contribution in [3.63, 3.8) is 0 Å². The average molecular weight is 931 g/mol. The van der Waals surface area contributed by atoms with Crippen molar-refractivity contribution in [1.82, 2.24) is 25.1 Å². The fraction of sp³-hybridized carbons (Fsp3) is 0.522. The summed E-state index contributed by atoms with van der Waals surface area (Å²) in [4.78, 5) is 47.9. The second-order valence-corrected chi connectivity index (χ2v) is 19.0. The Hall–Kier alpha value is -5.19. The van der Waals surface area contributed by atoms with Gasteiger partial charge in [-0.05, 0) is 79.6 Å². The zero-order chi connectivity index (χ0) is 46.9. The van der Waals surface area contributed by atoms with E-state index in [1.807, 2.05) is 49.1 Å². The van der Waals surface area contributed by atoms with Gasteiger partial charge in [-0.1, -0.05) is 6.92 Å². The van der Waals surface area contributed by atoms with Crippen LogP contribution in [-0.4, -0.2) is 145 Å². The molecule has 4 aliphatic heterocycles. The lowest BCUT2D eigenvalue weighted by atomic mass is 9.75. The number of aromatic nitrogens is 4. The summed E-state index contributed by atoms with van der Waals surface area (Å²) in [6.07, 6.45) is -2.79. The number of hydrogen-bond acceptors (Lipinski definition) is 15. The highest BCUT2D eigenvalue weighted by Crippen LogP contribution is 2.41. The van der Waals surface area contributed by atoms with E-state index < -0.39 is 42.6 Å². The minimum absolute atomic E-state index is 0.0193. The summed E-state index contributed by atoms with van der Waals surface area (Å²) in [6, 6.07) is 13.4. The van der Waals surface area contributed by atoms with Gasteiger partial charge in [0.2, 0.25) is 6.29 Å². The first kappa shape index (κ1) is 47.3. The summed E-state index contributed by atoms with van der Waals surface area (Å²) in [5.41, 5.74) is 9.92. The third-order valence-electron chi connectivity index (χ3n) is 13.2. The number of nitrogens with zero attached hydrogens (tertiary/aromatic N) is 6. The number of piperidine rings is 1. The van der Waals surface area contributed by atoms with Crippen LogP contribution in [0, 0.1) is 5.92 Å².